The molecule has 3 nitrogen and oxygen atoms in total. The quantitative estimate of drug-likeness (QED) is 0.570. The van der Waals surface area contributed by atoms with E-state index in [0.717, 1.165) is 22.3 Å². The van der Waals surface area contributed by atoms with Gasteiger partial charge < -0.3 is 5.32 Å². The minimum Gasteiger partial charge on any atom is -0.378 e. The highest BCUT2D eigenvalue weighted by molar-refractivity contribution is 7.09. The summed E-state index contributed by atoms with van der Waals surface area (Å²) < 4.78 is 14.9. The van der Waals surface area contributed by atoms with Gasteiger partial charge in [0.25, 0.3) is 0 Å². The summed E-state index contributed by atoms with van der Waals surface area (Å²) in [6.45, 7) is 4.25. The van der Waals surface area contributed by atoms with Gasteiger partial charge in [-0.15, -0.1) is 11.3 Å². The Morgan fingerprint density at radius 1 is 1.42 bits per heavy atom. The highest BCUT2D eigenvalue weighted by Crippen LogP contribution is 2.34. The second-order valence-electron chi connectivity index (χ2n) is 5.79. The van der Waals surface area contributed by atoms with Gasteiger partial charge in [0, 0.05) is 17.5 Å². The molecule has 3 aromatic rings. The lowest BCUT2D eigenvalue weighted by atomic mass is 10.1. The number of aromatic nitrogens is 2. The molecule has 0 spiro atoms. The van der Waals surface area contributed by atoms with Crippen LogP contribution in [-0.4, -0.2) is 15.8 Å². The van der Waals surface area contributed by atoms with Gasteiger partial charge >= 0.3 is 0 Å². The predicted octanol–water partition coefficient (Wildman–Crippen LogP) is 5.91. The lowest BCUT2D eigenvalue weighted by molar-refractivity contribution is 0.341. The largest absolute Gasteiger partial charge is 0.378 e. The molecule has 1 N–H and O–H groups in total. The summed E-state index contributed by atoms with van der Waals surface area (Å²) in [4.78, 5) is 1.22. The Morgan fingerprint density at radius 2 is 2.21 bits per heavy atom. The van der Waals surface area contributed by atoms with Crippen molar-refractivity contribution in [2.45, 2.75) is 39.4 Å². The van der Waals surface area contributed by atoms with E-state index in [1.165, 1.54) is 4.88 Å². The van der Waals surface area contributed by atoms with Gasteiger partial charge in [-0.1, -0.05) is 29.3 Å². The van der Waals surface area contributed by atoms with Gasteiger partial charge in [-0.25, -0.2) is 8.91 Å². The average Bonchev–Trinajstić information content (AvgIpc) is 3.12. The molecule has 3 rings (SSSR count). The van der Waals surface area contributed by atoms with Crippen LogP contribution in [-0.2, 0) is 13.0 Å². The molecule has 0 aromatic carbocycles. The first kappa shape index (κ1) is 17.5. The number of thiophene rings is 1. The van der Waals surface area contributed by atoms with Crippen LogP contribution in [0.5, 0.6) is 0 Å². The molecule has 0 bridgehead atoms. The third kappa shape index (κ3) is 3.53. The zero-order valence-electron chi connectivity index (χ0n) is 13.4. The number of hydrogen-bond donors (Lipinski definition) is 1. The van der Waals surface area contributed by atoms with Crippen molar-refractivity contribution in [3.05, 3.63) is 49.9 Å². The number of nitrogens with one attached hydrogen (secondary N) is 1. The van der Waals surface area contributed by atoms with E-state index in [0.29, 0.717) is 29.7 Å². The summed E-state index contributed by atoms with van der Waals surface area (Å²) in [5.41, 5.74) is 3.71. The monoisotopic (exact) mass is 385 g/mol. The molecular formula is C17H18Cl2FN3S. The van der Waals surface area contributed by atoms with E-state index in [1.807, 2.05) is 18.4 Å². The third-order valence-electron chi connectivity index (χ3n) is 3.99. The maximum Gasteiger partial charge on any atom is 0.152 e. The van der Waals surface area contributed by atoms with Crippen molar-refractivity contribution < 1.29 is 4.39 Å². The SMILES string of the molecule is Cc1c(CCC(C)F)c(Cl)n2nc(Cl)cc(NCc3cccs3)c12. The van der Waals surface area contributed by atoms with Gasteiger partial charge in [-0.05, 0) is 49.3 Å². The van der Waals surface area contributed by atoms with Crippen molar-refractivity contribution >= 4 is 45.7 Å². The molecule has 0 aliphatic rings. The van der Waals surface area contributed by atoms with Crippen LogP contribution in [0, 0.1) is 6.92 Å². The number of rotatable bonds is 6. The molecule has 0 saturated carbocycles. The normalized spacial score (nSPS) is 12.7. The van der Waals surface area contributed by atoms with Gasteiger partial charge in [0.15, 0.2) is 5.15 Å². The molecular weight excluding hydrogens is 368 g/mol. The number of nitrogens with zero attached hydrogens (tertiary/aromatic N) is 2. The molecule has 0 aliphatic carbocycles. The molecule has 3 heterocycles. The molecule has 128 valence electrons. The van der Waals surface area contributed by atoms with Crippen LogP contribution in [0.25, 0.3) is 5.52 Å². The lowest BCUT2D eigenvalue weighted by Crippen LogP contribution is -2.02. The summed E-state index contributed by atoms with van der Waals surface area (Å²) in [6, 6.07) is 5.89. The predicted molar refractivity (Wildman–Crippen MR) is 100 cm³/mol. The number of anilines is 1. The first-order chi connectivity index (χ1) is 11.5. The number of alkyl halides is 1. The number of aryl methyl sites for hydroxylation is 1. The minimum absolute atomic E-state index is 0.360. The van der Waals surface area contributed by atoms with Crippen molar-refractivity contribution in [2.24, 2.45) is 0 Å². The van der Waals surface area contributed by atoms with E-state index in [4.69, 9.17) is 23.2 Å². The van der Waals surface area contributed by atoms with Crippen LogP contribution >= 0.6 is 34.5 Å². The maximum atomic E-state index is 13.2. The molecule has 0 fully saturated rings. The van der Waals surface area contributed by atoms with Crippen LogP contribution < -0.4 is 5.32 Å². The van der Waals surface area contributed by atoms with E-state index >= 15 is 0 Å². The van der Waals surface area contributed by atoms with Crippen LogP contribution in [0.2, 0.25) is 10.3 Å². The Morgan fingerprint density at radius 3 is 2.88 bits per heavy atom. The fourth-order valence-electron chi connectivity index (χ4n) is 2.77. The van der Waals surface area contributed by atoms with Crippen LogP contribution in [0.4, 0.5) is 10.1 Å². The second-order valence-corrected chi connectivity index (χ2v) is 7.57. The van der Waals surface area contributed by atoms with E-state index in [2.05, 4.69) is 16.5 Å². The highest BCUT2D eigenvalue weighted by Gasteiger charge is 2.19. The van der Waals surface area contributed by atoms with Crippen LogP contribution in [0.3, 0.4) is 0 Å². The van der Waals surface area contributed by atoms with Crippen LogP contribution in [0.1, 0.15) is 29.3 Å². The molecule has 7 heteroatoms. The van der Waals surface area contributed by atoms with Gasteiger partial charge in [0.05, 0.1) is 17.4 Å². The maximum absolute atomic E-state index is 13.2. The minimum atomic E-state index is -0.864. The zero-order chi connectivity index (χ0) is 17.3. The first-order valence-electron chi connectivity index (χ1n) is 7.74. The Kier molecular flexibility index (Phi) is 5.33. The smallest absolute Gasteiger partial charge is 0.152 e. The molecule has 0 radical (unpaired) electrons. The standard InChI is InChI=1S/C17H18Cl2FN3S/c1-10(20)5-6-13-11(2)16-14(21-9-12-4-3-7-24-12)8-15(18)22-23(16)17(13)19/h3-4,7-8,10,21H,5-6,9H2,1-2H3. The molecule has 0 amide bonds. The molecule has 24 heavy (non-hydrogen) atoms. The van der Waals surface area contributed by atoms with Gasteiger partial charge in [-0.3, -0.25) is 0 Å². The fraction of sp³-hybridized carbons (Fsp3) is 0.353. The Hall–Kier alpha value is -1.30. The molecule has 1 atom stereocenters. The average molecular weight is 386 g/mol. The Balaban J connectivity index is 2.00. The zero-order valence-corrected chi connectivity index (χ0v) is 15.8. The number of halogens is 3. The van der Waals surface area contributed by atoms with E-state index < -0.39 is 6.17 Å². The van der Waals surface area contributed by atoms with E-state index in [1.54, 1.807) is 28.8 Å². The molecule has 0 aliphatic heterocycles. The Labute approximate surface area is 154 Å². The molecule has 3 aromatic heterocycles. The van der Waals surface area contributed by atoms with Crippen molar-refractivity contribution in [3.63, 3.8) is 0 Å². The lowest BCUT2D eigenvalue weighted by Gasteiger charge is -2.09. The van der Waals surface area contributed by atoms with Gasteiger partial charge in [-0.2, -0.15) is 5.10 Å². The van der Waals surface area contributed by atoms with Crippen molar-refractivity contribution in [3.8, 4) is 0 Å². The van der Waals surface area contributed by atoms with Crippen molar-refractivity contribution in [1.29, 1.82) is 0 Å². The van der Waals surface area contributed by atoms with Crippen molar-refractivity contribution in [2.75, 3.05) is 5.32 Å². The Bertz CT molecular complexity index is 844. The summed E-state index contributed by atoms with van der Waals surface area (Å²) in [5.74, 6) is 0. The second kappa shape index (κ2) is 7.30. The van der Waals surface area contributed by atoms with E-state index in [9.17, 15) is 4.39 Å². The van der Waals surface area contributed by atoms with Gasteiger partial charge in [0.1, 0.15) is 5.15 Å². The summed E-state index contributed by atoms with van der Waals surface area (Å²) in [5, 5.41) is 10.6. The van der Waals surface area contributed by atoms with Gasteiger partial charge in [0.2, 0.25) is 0 Å². The third-order valence-corrected chi connectivity index (χ3v) is 5.44. The highest BCUT2D eigenvalue weighted by atomic mass is 35.5. The van der Waals surface area contributed by atoms with Crippen molar-refractivity contribution in [1.82, 2.24) is 9.61 Å². The fourth-order valence-corrected chi connectivity index (χ4v) is 3.96. The summed E-state index contributed by atoms with van der Waals surface area (Å²) in [7, 11) is 0. The number of hydrogen-bond acceptors (Lipinski definition) is 3. The topological polar surface area (TPSA) is 29.3 Å². The van der Waals surface area contributed by atoms with Crippen LogP contribution in [0.15, 0.2) is 23.6 Å². The first-order valence-corrected chi connectivity index (χ1v) is 9.37. The molecule has 1 unspecified atom stereocenters. The summed E-state index contributed by atoms with van der Waals surface area (Å²) >= 11 is 14.3. The summed E-state index contributed by atoms with van der Waals surface area (Å²) in [6.07, 6.45) is 0.146. The van der Waals surface area contributed by atoms with E-state index in [-0.39, 0.29) is 0 Å². The molecule has 0 saturated heterocycles. The number of fused-ring (bicyclic) bond motifs is 1.